The summed E-state index contributed by atoms with van der Waals surface area (Å²) in [7, 11) is 0. The second kappa shape index (κ2) is 10.5. The minimum Gasteiger partial charge on any atom is -0.480 e. The van der Waals surface area contributed by atoms with Gasteiger partial charge in [-0.2, -0.15) is 0 Å². The monoisotopic (exact) mass is 524 g/mol. The molecule has 2 atom stereocenters. The first-order valence-corrected chi connectivity index (χ1v) is 11.9. The molecular formula is C27H22Cl2N2O5. The molecule has 0 fully saturated rings. The zero-order chi connectivity index (χ0) is 26.0. The van der Waals surface area contributed by atoms with Crippen LogP contribution in [0.2, 0.25) is 10.0 Å². The number of aliphatic carboxylic acids is 1. The van der Waals surface area contributed by atoms with Gasteiger partial charge < -0.3 is 15.3 Å². The van der Waals surface area contributed by atoms with Crippen molar-refractivity contribution in [2.75, 3.05) is 11.4 Å². The van der Waals surface area contributed by atoms with Gasteiger partial charge in [-0.1, -0.05) is 59.6 Å². The number of hydrogen-bond donors (Lipinski definition) is 2. The Bertz CT molecular complexity index is 1340. The van der Waals surface area contributed by atoms with E-state index in [2.05, 4.69) is 5.32 Å². The Kier molecular flexibility index (Phi) is 7.43. The van der Waals surface area contributed by atoms with E-state index < -0.39 is 23.8 Å². The molecule has 1 heterocycles. The van der Waals surface area contributed by atoms with Gasteiger partial charge in [0, 0.05) is 24.2 Å². The van der Waals surface area contributed by atoms with E-state index in [1.165, 1.54) is 19.1 Å². The molecule has 4 rings (SSSR count). The van der Waals surface area contributed by atoms with E-state index in [1.54, 1.807) is 53.4 Å². The third-order valence-corrected chi connectivity index (χ3v) is 6.78. The highest BCUT2D eigenvalue weighted by atomic mass is 35.5. The van der Waals surface area contributed by atoms with Gasteiger partial charge in [-0.25, -0.2) is 4.79 Å². The van der Waals surface area contributed by atoms with Crippen molar-refractivity contribution in [2.45, 2.75) is 25.3 Å². The topological polar surface area (TPSA) is 104 Å². The Balaban J connectivity index is 1.52. The number of fused-ring (bicyclic) bond motifs is 1. The summed E-state index contributed by atoms with van der Waals surface area (Å²) in [5, 5.41) is 12.4. The summed E-state index contributed by atoms with van der Waals surface area (Å²) < 4.78 is 0. The predicted octanol–water partition coefficient (Wildman–Crippen LogP) is 4.75. The molecule has 0 saturated carbocycles. The molecule has 2 N–H and O–H groups in total. The molecule has 3 aromatic rings. The van der Waals surface area contributed by atoms with Gasteiger partial charge in [0.15, 0.2) is 0 Å². The summed E-state index contributed by atoms with van der Waals surface area (Å²) in [4.78, 5) is 51.4. The number of amides is 2. The van der Waals surface area contributed by atoms with Gasteiger partial charge in [-0.05, 0) is 48.4 Å². The van der Waals surface area contributed by atoms with Gasteiger partial charge in [-0.3, -0.25) is 14.4 Å². The fourth-order valence-electron chi connectivity index (χ4n) is 4.27. The van der Waals surface area contributed by atoms with Crippen LogP contribution in [0.15, 0.2) is 66.7 Å². The third kappa shape index (κ3) is 5.12. The largest absolute Gasteiger partial charge is 0.480 e. The molecule has 7 nitrogen and oxygen atoms in total. The number of rotatable bonds is 7. The van der Waals surface area contributed by atoms with Crippen LogP contribution >= 0.6 is 23.2 Å². The molecule has 9 heteroatoms. The van der Waals surface area contributed by atoms with E-state index in [0.29, 0.717) is 16.8 Å². The summed E-state index contributed by atoms with van der Waals surface area (Å²) in [5.74, 6) is -2.58. The lowest BCUT2D eigenvalue weighted by Gasteiger charge is -2.33. The highest BCUT2D eigenvalue weighted by Gasteiger charge is 2.34. The fourth-order valence-corrected chi connectivity index (χ4v) is 4.84. The van der Waals surface area contributed by atoms with Gasteiger partial charge in [0.1, 0.15) is 11.8 Å². The molecule has 1 aliphatic heterocycles. The van der Waals surface area contributed by atoms with E-state index >= 15 is 0 Å². The lowest BCUT2D eigenvalue weighted by molar-refractivity contribution is -0.139. The summed E-state index contributed by atoms with van der Waals surface area (Å²) in [6.45, 7) is 1.73. The molecule has 0 spiro atoms. The Labute approximate surface area is 217 Å². The van der Waals surface area contributed by atoms with Crippen molar-refractivity contribution >= 4 is 52.5 Å². The number of nitrogens with zero attached hydrogens (tertiary/aromatic N) is 1. The van der Waals surface area contributed by atoms with Crippen molar-refractivity contribution < 1.29 is 24.3 Å². The number of halogens is 2. The maximum absolute atomic E-state index is 13.1. The normalized spacial score (nSPS) is 15.7. The van der Waals surface area contributed by atoms with Crippen LogP contribution in [0.25, 0.3) is 0 Å². The number of anilines is 1. The van der Waals surface area contributed by atoms with Gasteiger partial charge in [0.25, 0.3) is 11.8 Å². The zero-order valence-electron chi connectivity index (χ0n) is 19.2. The molecule has 184 valence electrons. The second-order valence-corrected chi connectivity index (χ2v) is 9.31. The van der Waals surface area contributed by atoms with Crippen LogP contribution < -0.4 is 10.2 Å². The van der Waals surface area contributed by atoms with Crippen molar-refractivity contribution in [2.24, 2.45) is 0 Å². The van der Waals surface area contributed by atoms with Crippen LogP contribution in [0.5, 0.6) is 0 Å². The summed E-state index contributed by atoms with van der Waals surface area (Å²) in [5.41, 5.74) is 2.43. The number of carbonyl (C=O) groups is 4. The van der Waals surface area contributed by atoms with E-state index in [-0.39, 0.29) is 40.3 Å². The van der Waals surface area contributed by atoms with Crippen molar-refractivity contribution in [1.29, 1.82) is 0 Å². The number of hydrogen-bond acceptors (Lipinski definition) is 4. The third-order valence-electron chi connectivity index (χ3n) is 6.15. The first-order valence-electron chi connectivity index (χ1n) is 11.1. The van der Waals surface area contributed by atoms with Crippen LogP contribution in [-0.4, -0.2) is 41.3 Å². The lowest BCUT2D eigenvalue weighted by Crippen LogP contribution is -2.42. The molecule has 3 aromatic carbocycles. The molecule has 0 radical (unpaired) electrons. The standard InChI is InChI=1S/C27H22Cl2N2O5/c1-15(32)20-14-31(26(34)19-6-3-2-5-18(19)20)17-11-9-16(10-12-17)13-23(27(35)36)30-25(33)24-21(28)7-4-8-22(24)29/h2-12,20,23H,13-14H2,1H3,(H,30,33)(H,35,36)/t20?,23-/m0/s1. The van der Waals surface area contributed by atoms with Crippen LogP contribution in [0.4, 0.5) is 5.69 Å². The highest BCUT2D eigenvalue weighted by Crippen LogP contribution is 2.32. The molecule has 0 saturated heterocycles. The second-order valence-electron chi connectivity index (χ2n) is 8.50. The molecule has 0 aromatic heterocycles. The Morgan fingerprint density at radius 2 is 1.64 bits per heavy atom. The van der Waals surface area contributed by atoms with E-state index in [9.17, 15) is 24.3 Å². The smallest absolute Gasteiger partial charge is 0.326 e. The summed E-state index contributed by atoms with van der Waals surface area (Å²) in [6, 6.07) is 17.2. The minimum absolute atomic E-state index is 0.00369. The van der Waals surface area contributed by atoms with E-state index in [1.807, 2.05) is 6.07 Å². The predicted molar refractivity (Wildman–Crippen MR) is 137 cm³/mol. The zero-order valence-corrected chi connectivity index (χ0v) is 20.7. The molecule has 1 unspecified atom stereocenters. The van der Waals surface area contributed by atoms with E-state index in [0.717, 1.165) is 5.56 Å². The van der Waals surface area contributed by atoms with Crippen LogP contribution in [0.1, 0.15) is 44.7 Å². The number of nitrogens with one attached hydrogen (secondary N) is 1. The summed E-state index contributed by atoms with van der Waals surface area (Å²) >= 11 is 12.1. The minimum atomic E-state index is -1.23. The number of benzene rings is 3. The van der Waals surface area contributed by atoms with Gasteiger partial charge in [-0.15, -0.1) is 0 Å². The maximum atomic E-state index is 13.1. The lowest BCUT2D eigenvalue weighted by atomic mass is 9.86. The Morgan fingerprint density at radius 1 is 1.00 bits per heavy atom. The van der Waals surface area contributed by atoms with Gasteiger partial charge in [0.05, 0.1) is 21.5 Å². The maximum Gasteiger partial charge on any atom is 0.326 e. The number of carbonyl (C=O) groups excluding carboxylic acids is 3. The first-order chi connectivity index (χ1) is 17.2. The summed E-state index contributed by atoms with van der Waals surface area (Å²) in [6.07, 6.45) is -0.00369. The van der Waals surface area contributed by atoms with Crippen LogP contribution in [0.3, 0.4) is 0 Å². The Hall–Kier alpha value is -3.68. The molecule has 1 aliphatic rings. The quantitative estimate of drug-likeness (QED) is 0.464. The molecule has 2 amide bonds. The molecule has 0 bridgehead atoms. The number of carboxylic acid groups (broad SMARTS) is 1. The van der Waals surface area contributed by atoms with Gasteiger partial charge >= 0.3 is 5.97 Å². The fraction of sp³-hybridized carbons (Fsp3) is 0.185. The Morgan fingerprint density at radius 3 is 2.25 bits per heavy atom. The van der Waals surface area contributed by atoms with Crippen molar-refractivity contribution in [3.05, 3.63) is 99.0 Å². The van der Waals surface area contributed by atoms with E-state index in [4.69, 9.17) is 23.2 Å². The number of carboxylic acids is 1. The van der Waals surface area contributed by atoms with Gasteiger partial charge in [0.2, 0.25) is 0 Å². The average Bonchev–Trinajstić information content (AvgIpc) is 2.84. The highest BCUT2D eigenvalue weighted by molar-refractivity contribution is 6.39. The van der Waals surface area contributed by atoms with Crippen LogP contribution in [-0.2, 0) is 16.0 Å². The van der Waals surface area contributed by atoms with Crippen molar-refractivity contribution in [1.82, 2.24) is 5.32 Å². The number of ketones is 1. The van der Waals surface area contributed by atoms with Crippen molar-refractivity contribution in [3.63, 3.8) is 0 Å². The molecule has 36 heavy (non-hydrogen) atoms. The molecular weight excluding hydrogens is 503 g/mol. The average molecular weight is 525 g/mol. The molecule has 0 aliphatic carbocycles. The first kappa shape index (κ1) is 25.4. The van der Waals surface area contributed by atoms with Crippen LogP contribution in [0, 0.1) is 0 Å². The SMILES string of the molecule is CC(=O)C1CN(c2ccc(C[C@H](NC(=O)c3c(Cl)cccc3Cl)C(=O)O)cc2)C(=O)c2ccccc21. The number of Topliss-reactive ketones (excluding diaryl/α,β-unsaturated/α-hetero) is 1. The van der Waals surface area contributed by atoms with Crippen molar-refractivity contribution in [3.8, 4) is 0 Å².